The Hall–Kier alpha value is -2.29. The van der Waals surface area contributed by atoms with Crippen molar-refractivity contribution >= 4 is 11.0 Å². The van der Waals surface area contributed by atoms with Crippen molar-refractivity contribution in [3.8, 4) is 5.75 Å². The summed E-state index contributed by atoms with van der Waals surface area (Å²) < 4.78 is 8.11. The Morgan fingerprint density at radius 1 is 1.00 bits per heavy atom. The summed E-state index contributed by atoms with van der Waals surface area (Å²) in [7, 11) is 0. The number of benzene rings is 2. The average Bonchev–Trinajstić information content (AvgIpc) is 2.92. The molecule has 0 spiro atoms. The Bertz CT molecular complexity index is 732. The Kier molecular flexibility index (Phi) is 4.42. The first-order valence-corrected chi connectivity index (χ1v) is 7.88. The van der Waals surface area contributed by atoms with Crippen molar-refractivity contribution in [1.29, 1.82) is 0 Å². The highest BCUT2D eigenvalue weighted by Crippen LogP contribution is 2.22. The predicted octanol–water partition coefficient (Wildman–Crippen LogP) is 4.63. The normalized spacial score (nSPS) is 11.2. The van der Waals surface area contributed by atoms with E-state index in [2.05, 4.69) is 36.6 Å². The van der Waals surface area contributed by atoms with Crippen LogP contribution in [-0.4, -0.2) is 16.2 Å². The van der Waals surface area contributed by atoms with Gasteiger partial charge in [0.2, 0.25) is 0 Å². The van der Waals surface area contributed by atoms with E-state index in [9.17, 15) is 0 Å². The zero-order valence-corrected chi connectivity index (χ0v) is 13.2. The van der Waals surface area contributed by atoms with Crippen molar-refractivity contribution in [3.05, 3.63) is 60.4 Å². The van der Waals surface area contributed by atoms with Gasteiger partial charge in [-0.25, -0.2) is 4.98 Å². The summed E-state index contributed by atoms with van der Waals surface area (Å²) in [6.45, 7) is 6.03. The van der Waals surface area contributed by atoms with Crippen LogP contribution in [0, 0.1) is 0 Å². The van der Waals surface area contributed by atoms with Crippen LogP contribution in [0.5, 0.6) is 5.75 Å². The maximum absolute atomic E-state index is 5.78. The number of hydrogen-bond acceptors (Lipinski definition) is 2. The van der Waals surface area contributed by atoms with Gasteiger partial charge in [0.05, 0.1) is 17.6 Å². The molecule has 1 aromatic heterocycles. The number of aryl methyl sites for hydroxylation is 1. The molecule has 0 N–H and O–H groups in total. The van der Waals surface area contributed by atoms with Crippen molar-refractivity contribution in [2.24, 2.45) is 0 Å². The highest BCUT2D eigenvalue weighted by Gasteiger charge is 2.12. The minimum absolute atomic E-state index is 0.419. The Morgan fingerprint density at radius 2 is 1.73 bits per heavy atom. The largest absolute Gasteiger partial charge is 0.494 e. The number of imidazole rings is 1. The quantitative estimate of drug-likeness (QED) is 0.620. The molecule has 2 aromatic carbocycles. The molecular weight excluding hydrogens is 272 g/mol. The highest BCUT2D eigenvalue weighted by atomic mass is 16.5. The number of fused-ring (bicyclic) bond motifs is 1. The van der Waals surface area contributed by atoms with E-state index in [1.54, 1.807) is 0 Å². The summed E-state index contributed by atoms with van der Waals surface area (Å²) in [5.74, 6) is 2.51. The number of ether oxygens (including phenoxy) is 1. The van der Waals surface area contributed by atoms with Crippen LogP contribution in [0.15, 0.2) is 54.6 Å². The molecule has 22 heavy (non-hydrogen) atoms. The molecule has 3 heteroatoms. The lowest BCUT2D eigenvalue weighted by molar-refractivity contribution is 0.301. The van der Waals surface area contributed by atoms with E-state index in [-0.39, 0.29) is 0 Å². The molecule has 3 aromatic rings. The monoisotopic (exact) mass is 294 g/mol. The van der Waals surface area contributed by atoms with Crippen molar-refractivity contribution in [2.45, 2.75) is 32.7 Å². The zero-order valence-electron chi connectivity index (χ0n) is 13.2. The van der Waals surface area contributed by atoms with Gasteiger partial charge in [0.25, 0.3) is 0 Å². The number of nitrogens with zero attached hydrogens (tertiary/aromatic N) is 2. The summed E-state index contributed by atoms with van der Waals surface area (Å²) in [4.78, 5) is 4.77. The molecule has 1 heterocycles. The van der Waals surface area contributed by atoms with Gasteiger partial charge in [-0.1, -0.05) is 44.2 Å². The van der Waals surface area contributed by atoms with Gasteiger partial charge in [-0.05, 0) is 30.7 Å². The van der Waals surface area contributed by atoms with Crippen molar-refractivity contribution in [1.82, 2.24) is 9.55 Å². The third kappa shape index (κ3) is 3.14. The van der Waals surface area contributed by atoms with E-state index in [4.69, 9.17) is 9.72 Å². The molecule has 0 fully saturated rings. The van der Waals surface area contributed by atoms with Crippen LogP contribution in [0.3, 0.4) is 0 Å². The second-order valence-electron chi connectivity index (χ2n) is 5.78. The van der Waals surface area contributed by atoms with E-state index in [0.29, 0.717) is 12.5 Å². The summed E-state index contributed by atoms with van der Waals surface area (Å²) in [6.07, 6.45) is 0.967. The minimum Gasteiger partial charge on any atom is -0.494 e. The third-order valence-electron chi connectivity index (χ3n) is 3.74. The average molecular weight is 294 g/mol. The lowest BCUT2D eigenvalue weighted by atomic mass is 10.2. The van der Waals surface area contributed by atoms with Crippen molar-refractivity contribution in [2.75, 3.05) is 6.61 Å². The molecule has 0 saturated carbocycles. The molecule has 0 saturated heterocycles. The van der Waals surface area contributed by atoms with Gasteiger partial charge in [0, 0.05) is 12.5 Å². The summed E-state index contributed by atoms with van der Waals surface area (Å²) in [5.41, 5.74) is 2.29. The number of rotatable bonds is 6. The van der Waals surface area contributed by atoms with Gasteiger partial charge in [-0.3, -0.25) is 0 Å². The van der Waals surface area contributed by atoms with E-state index >= 15 is 0 Å². The second kappa shape index (κ2) is 6.65. The number of hydrogen-bond donors (Lipinski definition) is 0. The molecule has 0 atom stereocenters. The summed E-state index contributed by atoms with van der Waals surface area (Å²) in [6, 6.07) is 18.3. The molecule has 0 amide bonds. The smallest absolute Gasteiger partial charge is 0.119 e. The Morgan fingerprint density at radius 3 is 2.50 bits per heavy atom. The molecule has 0 aliphatic heterocycles. The lowest BCUT2D eigenvalue weighted by Gasteiger charge is -2.12. The van der Waals surface area contributed by atoms with Gasteiger partial charge in [-0.15, -0.1) is 0 Å². The van der Waals surface area contributed by atoms with E-state index in [0.717, 1.165) is 30.1 Å². The maximum atomic E-state index is 5.78. The van der Waals surface area contributed by atoms with Gasteiger partial charge < -0.3 is 9.30 Å². The molecule has 114 valence electrons. The van der Waals surface area contributed by atoms with Crippen LogP contribution in [0.4, 0.5) is 0 Å². The van der Waals surface area contributed by atoms with Crippen LogP contribution in [0.2, 0.25) is 0 Å². The van der Waals surface area contributed by atoms with E-state index < -0.39 is 0 Å². The first-order valence-electron chi connectivity index (χ1n) is 7.88. The maximum Gasteiger partial charge on any atom is 0.119 e. The SMILES string of the molecule is CC(C)c1nc2ccccc2n1CCCOc1ccccc1. The molecule has 0 bridgehead atoms. The van der Waals surface area contributed by atoms with Gasteiger partial charge >= 0.3 is 0 Å². The van der Waals surface area contributed by atoms with Crippen LogP contribution < -0.4 is 4.74 Å². The van der Waals surface area contributed by atoms with Crippen LogP contribution in [0.1, 0.15) is 32.0 Å². The van der Waals surface area contributed by atoms with Crippen LogP contribution in [0.25, 0.3) is 11.0 Å². The third-order valence-corrected chi connectivity index (χ3v) is 3.74. The Balaban J connectivity index is 1.69. The Labute approximate surface area is 131 Å². The standard InChI is InChI=1S/C19H22N2O/c1-15(2)19-20-17-11-6-7-12-18(17)21(19)13-8-14-22-16-9-4-3-5-10-16/h3-7,9-12,15H,8,13-14H2,1-2H3. The van der Waals surface area contributed by atoms with Gasteiger partial charge in [0.15, 0.2) is 0 Å². The van der Waals surface area contributed by atoms with E-state index in [1.807, 2.05) is 36.4 Å². The molecule has 3 nitrogen and oxygen atoms in total. The topological polar surface area (TPSA) is 27.1 Å². The first kappa shape index (κ1) is 14.6. The molecule has 3 rings (SSSR count). The predicted molar refractivity (Wildman–Crippen MR) is 90.4 cm³/mol. The van der Waals surface area contributed by atoms with Crippen molar-refractivity contribution in [3.63, 3.8) is 0 Å². The van der Waals surface area contributed by atoms with Gasteiger partial charge in [0.1, 0.15) is 11.6 Å². The molecular formula is C19H22N2O. The fourth-order valence-corrected chi connectivity index (χ4v) is 2.70. The molecule has 0 unspecified atom stereocenters. The van der Waals surface area contributed by atoms with Gasteiger partial charge in [-0.2, -0.15) is 0 Å². The van der Waals surface area contributed by atoms with E-state index in [1.165, 1.54) is 5.52 Å². The highest BCUT2D eigenvalue weighted by molar-refractivity contribution is 5.76. The summed E-state index contributed by atoms with van der Waals surface area (Å²) >= 11 is 0. The first-order chi connectivity index (χ1) is 10.8. The second-order valence-corrected chi connectivity index (χ2v) is 5.78. The molecule has 0 aliphatic rings. The fourth-order valence-electron chi connectivity index (χ4n) is 2.70. The van der Waals surface area contributed by atoms with Crippen LogP contribution >= 0.6 is 0 Å². The summed E-state index contributed by atoms with van der Waals surface area (Å²) in [5, 5.41) is 0. The van der Waals surface area contributed by atoms with Crippen molar-refractivity contribution < 1.29 is 4.74 Å². The lowest BCUT2D eigenvalue weighted by Crippen LogP contribution is -2.09. The molecule has 0 radical (unpaired) electrons. The van der Waals surface area contributed by atoms with Crippen LogP contribution in [-0.2, 0) is 6.54 Å². The zero-order chi connectivity index (χ0) is 15.4. The number of aromatic nitrogens is 2. The fraction of sp³-hybridized carbons (Fsp3) is 0.316. The minimum atomic E-state index is 0.419. The number of para-hydroxylation sites is 3. The molecule has 0 aliphatic carbocycles.